The van der Waals surface area contributed by atoms with Crippen molar-refractivity contribution in [3.8, 4) is 0 Å². The molecule has 1 aliphatic rings. The third-order valence-electron chi connectivity index (χ3n) is 3.69. The molecule has 0 saturated heterocycles. The second-order valence-corrected chi connectivity index (χ2v) is 6.08. The maximum atomic E-state index is 4.30. The summed E-state index contributed by atoms with van der Waals surface area (Å²) in [4.78, 5) is 0. The predicted molar refractivity (Wildman–Crippen MR) is 78.1 cm³/mol. The van der Waals surface area contributed by atoms with Gasteiger partial charge < -0.3 is 0 Å². The summed E-state index contributed by atoms with van der Waals surface area (Å²) in [5.41, 5.74) is 1.35. The summed E-state index contributed by atoms with van der Waals surface area (Å²) in [6.07, 6.45) is 8.44. The molecule has 0 atom stereocenters. The zero-order chi connectivity index (χ0) is 12.9. The minimum Gasteiger partial charge on any atom is -0.236 e. The summed E-state index contributed by atoms with van der Waals surface area (Å²) < 4.78 is 2.15. The molecule has 1 aromatic heterocycles. The van der Waals surface area contributed by atoms with Gasteiger partial charge in [-0.1, -0.05) is 54.8 Å². The second kappa shape index (κ2) is 6.24. The van der Waals surface area contributed by atoms with Gasteiger partial charge in [0.15, 0.2) is 0 Å². The van der Waals surface area contributed by atoms with Gasteiger partial charge in [-0.2, -0.15) is 0 Å². The maximum Gasteiger partial charge on any atom is 0.115 e. The van der Waals surface area contributed by atoms with E-state index in [4.69, 9.17) is 0 Å². The van der Waals surface area contributed by atoms with Crippen molar-refractivity contribution in [1.29, 1.82) is 0 Å². The van der Waals surface area contributed by atoms with Gasteiger partial charge in [0.05, 0.1) is 12.2 Å². The first-order valence-corrected chi connectivity index (χ1v) is 7.99. The first-order chi connectivity index (χ1) is 9.43. The number of hydrogen-bond acceptors (Lipinski definition) is 3. The highest BCUT2D eigenvalue weighted by Crippen LogP contribution is 2.31. The van der Waals surface area contributed by atoms with Gasteiger partial charge in [-0.25, -0.2) is 4.68 Å². The van der Waals surface area contributed by atoms with Crippen LogP contribution in [0.15, 0.2) is 41.6 Å². The van der Waals surface area contributed by atoms with Crippen molar-refractivity contribution >= 4 is 11.8 Å². The Morgan fingerprint density at radius 1 is 1.11 bits per heavy atom. The van der Waals surface area contributed by atoms with Crippen molar-refractivity contribution in [2.75, 3.05) is 0 Å². The van der Waals surface area contributed by atoms with Crippen molar-refractivity contribution < 1.29 is 0 Å². The van der Waals surface area contributed by atoms with E-state index in [1.807, 2.05) is 18.0 Å². The van der Waals surface area contributed by atoms with Crippen molar-refractivity contribution in [3.63, 3.8) is 0 Å². The molecule has 3 rings (SSSR count). The average molecular weight is 273 g/mol. The van der Waals surface area contributed by atoms with Crippen molar-refractivity contribution in [3.05, 3.63) is 42.1 Å². The minimum atomic E-state index is 0.564. The highest BCUT2D eigenvalue weighted by atomic mass is 32.2. The van der Waals surface area contributed by atoms with Crippen LogP contribution in [0.2, 0.25) is 0 Å². The molecule has 2 aromatic rings. The molecule has 0 spiro atoms. The Kier molecular flexibility index (Phi) is 4.18. The molecule has 0 radical (unpaired) electrons. The van der Waals surface area contributed by atoms with E-state index in [1.54, 1.807) is 0 Å². The molecule has 0 aliphatic heterocycles. The molecule has 0 bridgehead atoms. The van der Waals surface area contributed by atoms with Gasteiger partial charge >= 0.3 is 0 Å². The third kappa shape index (κ3) is 3.18. The molecule has 3 nitrogen and oxygen atoms in total. The first-order valence-electron chi connectivity index (χ1n) is 7.00. The molecule has 1 fully saturated rings. The normalized spacial score (nSPS) is 16.6. The quantitative estimate of drug-likeness (QED) is 0.787. The SMILES string of the molecule is c1ccc(CSc2cnnn2C2CCCCC2)cc1. The van der Waals surface area contributed by atoms with Crippen molar-refractivity contribution in [1.82, 2.24) is 15.0 Å². The fourth-order valence-corrected chi connectivity index (χ4v) is 3.59. The molecular formula is C15H19N3S. The lowest BCUT2D eigenvalue weighted by Crippen LogP contribution is -2.15. The van der Waals surface area contributed by atoms with Gasteiger partial charge in [-0.05, 0) is 18.4 Å². The summed E-state index contributed by atoms with van der Waals surface area (Å²) >= 11 is 1.84. The Hall–Kier alpha value is -1.29. The van der Waals surface area contributed by atoms with Gasteiger partial charge in [-0.15, -0.1) is 16.9 Å². The van der Waals surface area contributed by atoms with Crippen LogP contribution in [0.3, 0.4) is 0 Å². The Morgan fingerprint density at radius 3 is 2.68 bits per heavy atom. The lowest BCUT2D eigenvalue weighted by atomic mass is 9.96. The smallest absolute Gasteiger partial charge is 0.115 e. The van der Waals surface area contributed by atoms with E-state index in [0.717, 1.165) is 5.75 Å². The fourth-order valence-electron chi connectivity index (χ4n) is 2.65. The molecule has 0 amide bonds. The van der Waals surface area contributed by atoms with Gasteiger partial charge in [0.25, 0.3) is 0 Å². The van der Waals surface area contributed by atoms with Gasteiger partial charge in [0.1, 0.15) is 5.03 Å². The van der Waals surface area contributed by atoms with Crippen LogP contribution < -0.4 is 0 Å². The number of benzene rings is 1. The largest absolute Gasteiger partial charge is 0.236 e. The van der Waals surface area contributed by atoms with E-state index in [9.17, 15) is 0 Å². The van der Waals surface area contributed by atoms with Crippen LogP contribution in [0.25, 0.3) is 0 Å². The zero-order valence-corrected chi connectivity index (χ0v) is 11.9. The minimum absolute atomic E-state index is 0.564. The highest BCUT2D eigenvalue weighted by molar-refractivity contribution is 7.98. The van der Waals surface area contributed by atoms with E-state index in [2.05, 4.69) is 45.3 Å². The van der Waals surface area contributed by atoms with Gasteiger partial charge in [0.2, 0.25) is 0 Å². The van der Waals surface area contributed by atoms with Crippen LogP contribution in [-0.4, -0.2) is 15.0 Å². The number of hydrogen-bond donors (Lipinski definition) is 0. The molecule has 100 valence electrons. The molecule has 19 heavy (non-hydrogen) atoms. The van der Waals surface area contributed by atoms with E-state index in [0.29, 0.717) is 6.04 Å². The van der Waals surface area contributed by atoms with Gasteiger partial charge in [-0.3, -0.25) is 0 Å². The molecule has 1 aromatic carbocycles. The van der Waals surface area contributed by atoms with E-state index in [1.165, 1.54) is 42.7 Å². The van der Waals surface area contributed by atoms with E-state index in [-0.39, 0.29) is 0 Å². The highest BCUT2D eigenvalue weighted by Gasteiger charge is 2.19. The second-order valence-electron chi connectivity index (χ2n) is 5.08. The average Bonchev–Trinajstić information content (AvgIpc) is 2.95. The van der Waals surface area contributed by atoms with Crippen LogP contribution in [-0.2, 0) is 5.75 Å². The fraction of sp³-hybridized carbons (Fsp3) is 0.467. The van der Waals surface area contributed by atoms with Crippen LogP contribution >= 0.6 is 11.8 Å². The van der Waals surface area contributed by atoms with Gasteiger partial charge in [0, 0.05) is 5.75 Å². The zero-order valence-electron chi connectivity index (χ0n) is 11.0. The molecule has 1 aliphatic carbocycles. The van der Waals surface area contributed by atoms with Crippen LogP contribution in [0.5, 0.6) is 0 Å². The Morgan fingerprint density at radius 2 is 1.89 bits per heavy atom. The summed E-state index contributed by atoms with van der Waals surface area (Å²) in [6.45, 7) is 0. The van der Waals surface area contributed by atoms with E-state index < -0.39 is 0 Å². The predicted octanol–water partition coefficient (Wildman–Crippen LogP) is 4.08. The Balaban J connectivity index is 1.66. The van der Waals surface area contributed by atoms with Crippen LogP contribution in [0.1, 0.15) is 43.7 Å². The van der Waals surface area contributed by atoms with Crippen LogP contribution in [0, 0.1) is 0 Å². The number of rotatable bonds is 4. The molecule has 0 unspecified atom stereocenters. The Bertz CT molecular complexity index is 503. The Labute approximate surface area is 118 Å². The van der Waals surface area contributed by atoms with Crippen molar-refractivity contribution in [2.24, 2.45) is 0 Å². The lowest BCUT2D eigenvalue weighted by Gasteiger charge is -2.22. The summed E-state index contributed by atoms with van der Waals surface area (Å²) in [7, 11) is 0. The number of thioether (sulfide) groups is 1. The molecule has 0 N–H and O–H groups in total. The third-order valence-corrected chi connectivity index (χ3v) is 4.76. The van der Waals surface area contributed by atoms with Crippen molar-refractivity contribution in [2.45, 2.75) is 48.9 Å². The van der Waals surface area contributed by atoms with E-state index >= 15 is 0 Å². The summed E-state index contributed by atoms with van der Waals surface area (Å²) in [5, 5.41) is 9.60. The summed E-state index contributed by atoms with van der Waals surface area (Å²) in [5.74, 6) is 0.987. The lowest BCUT2D eigenvalue weighted by molar-refractivity contribution is 0.308. The molecule has 1 heterocycles. The monoisotopic (exact) mass is 273 g/mol. The number of nitrogens with zero attached hydrogens (tertiary/aromatic N) is 3. The number of aromatic nitrogens is 3. The van der Waals surface area contributed by atoms with Crippen LogP contribution in [0.4, 0.5) is 0 Å². The molecular weight excluding hydrogens is 254 g/mol. The summed E-state index contributed by atoms with van der Waals surface area (Å²) in [6, 6.07) is 11.1. The first kappa shape index (κ1) is 12.7. The topological polar surface area (TPSA) is 30.7 Å². The maximum absolute atomic E-state index is 4.30. The standard InChI is InChI=1S/C15H19N3S/c1-3-7-13(8-4-1)12-19-15-11-16-17-18(15)14-9-5-2-6-10-14/h1,3-4,7-8,11,14H,2,5-6,9-10,12H2. The molecule has 4 heteroatoms. The molecule has 1 saturated carbocycles.